The van der Waals surface area contributed by atoms with Crippen LogP contribution in [0.2, 0.25) is 0 Å². The lowest BCUT2D eigenvalue weighted by molar-refractivity contribution is 0.0953. The van der Waals surface area contributed by atoms with E-state index in [4.69, 9.17) is 10.5 Å². The van der Waals surface area contributed by atoms with Crippen molar-refractivity contribution >= 4 is 0 Å². The molecule has 2 N–H and O–H groups in total. The first-order valence-corrected chi connectivity index (χ1v) is 3.97. The second-order valence-corrected chi connectivity index (χ2v) is 2.79. The molecule has 0 aliphatic heterocycles. The van der Waals surface area contributed by atoms with Crippen LogP contribution < -0.4 is 5.73 Å². The molecule has 0 fully saturated rings. The lowest BCUT2D eigenvalue weighted by atomic mass is 10.00. The average Bonchev–Trinajstić information content (AvgIpc) is 1.99. The van der Waals surface area contributed by atoms with E-state index in [0.717, 1.165) is 19.4 Å². The summed E-state index contributed by atoms with van der Waals surface area (Å²) in [5, 5.41) is 0. The summed E-state index contributed by atoms with van der Waals surface area (Å²) in [4.78, 5) is 0. The summed E-state index contributed by atoms with van der Waals surface area (Å²) in [5.41, 5.74) is 5.53. The molecule has 0 rings (SSSR count). The van der Waals surface area contributed by atoms with Gasteiger partial charge >= 0.3 is 0 Å². The lowest BCUT2D eigenvalue weighted by Gasteiger charge is -2.16. The zero-order chi connectivity index (χ0) is 7.98. The maximum atomic E-state index is 5.53. The molecule has 0 aliphatic rings. The molecule has 0 saturated carbocycles. The monoisotopic (exact) mass is 145 g/mol. The average molecular weight is 145 g/mol. The molecule has 62 valence electrons. The molecule has 10 heavy (non-hydrogen) atoms. The minimum absolute atomic E-state index is 0.355. The fourth-order valence-corrected chi connectivity index (χ4v) is 0.995. The van der Waals surface area contributed by atoms with Gasteiger partial charge in [0.15, 0.2) is 0 Å². The van der Waals surface area contributed by atoms with Crippen LogP contribution in [0.3, 0.4) is 0 Å². The van der Waals surface area contributed by atoms with E-state index in [2.05, 4.69) is 13.8 Å². The van der Waals surface area contributed by atoms with Crippen LogP contribution in [0, 0.1) is 5.92 Å². The Kier molecular flexibility index (Phi) is 5.64. The lowest BCUT2D eigenvalue weighted by Crippen LogP contribution is -2.19. The van der Waals surface area contributed by atoms with Crippen molar-refractivity contribution in [1.29, 1.82) is 0 Å². The topological polar surface area (TPSA) is 35.2 Å². The van der Waals surface area contributed by atoms with E-state index in [1.807, 2.05) is 0 Å². The van der Waals surface area contributed by atoms with Crippen LogP contribution in [0.25, 0.3) is 0 Å². The van der Waals surface area contributed by atoms with Gasteiger partial charge in [-0.25, -0.2) is 0 Å². The van der Waals surface area contributed by atoms with Gasteiger partial charge in [0.25, 0.3) is 0 Å². The third-order valence-corrected chi connectivity index (χ3v) is 1.98. The van der Waals surface area contributed by atoms with Crippen molar-refractivity contribution in [1.82, 2.24) is 0 Å². The van der Waals surface area contributed by atoms with Crippen LogP contribution in [-0.4, -0.2) is 19.8 Å². The molecular formula is C8H19NO. The minimum Gasteiger partial charge on any atom is -0.382 e. The standard InChI is InChI=1S/C8H19NO/c1-4-8(6-9)5-7(2)10-3/h7-8H,4-6,9H2,1-3H3. The van der Waals surface area contributed by atoms with Gasteiger partial charge in [-0.15, -0.1) is 0 Å². The Hall–Kier alpha value is -0.0800. The summed E-state index contributed by atoms with van der Waals surface area (Å²) >= 11 is 0. The van der Waals surface area contributed by atoms with E-state index in [1.54, 1.807) is 7.11 Å². The number of hydrogen-bond acceptors (Lipinski definition) is 2. The first kappa shape index (κ1) is 9.92. The van der Waals surface area contributed by atoms with Gasteiger partial charge in [-0.05, 0) is 25.8 Å². The molecule has 0 aromatic heterocycles. The van der Waals surface area contributed by atoms with Crippen molar-refractivity contribution in [3.63, 3.8) is 0 Å². The quantitative estimate of drug-likeness (QED) is 0.634. The Labute approximate surface area is 63.7 Å². The number of nitrogens with two attached hydrogens (primary N) is 1. The van der Waals surface area contributed by atoms with E-state index < -0.39 is 0 Å². The largest absolute Gasteiger partial charge is 0.382 e. The molecule has 0 aromatic rings. The van der Waals surface area contributed by atoms with Crippen LogP contribution in [0.4, 0.5) is 0 Å². The summed E-state index contributed by atoms with van der Waals surface area (Å²) in [6.07, 6.45) is 2.60. The molecule has 0 heterocycles. The SMILES string of the molecule is CCC(CN)CC(C)OC. The smallest absolute Gasteiger partial charge is 0.0546 e. The van der Waals surface area contributed by atoms with E-state index in [9.17, 15) is 0 Å². The van der Waals surface area contributed by atoms with Gasteiger partial charge in [0.2, 0.25) is 0 Å². The van der Waals surface area contributed by atoms with Crippen molar-refractivity contribution in [3.05, 3.63) is 0 Å². The molecular weight excluding hydrogens is 126 g/mol. The first-order chi connectivity index (χ1) is 4.74. The Morgan fingerprint density at radius 1 is 1.50 bits per heavy atom. The van der Waals surface area contributed by atoms with Gasteiger partial charge < -0.3 is 10.5 Å². The maximum Gasteiger partial charge on any atom is 0.0546 e. The van der Waals surface area contributed by atoms with Gasteiger partial charge in [-0.3, -0.25) is 0 Å². The van der Waals surface area contributed by atoms with Gasteiger partial charge in [0, 0.05) is 7.11 Å². The molecule has 0 spiro atoms. The maximum absolute atomic E-state index is 5.53. The molecule has 2 unspecified atom stereocenters. The van der Waals surface area contributed by atoms with Crippen molar-refractivity contribution in [2.24, 2.45) is 11.7 Å². The molecule has 0 saturated heterocycles. The summed E-state index contributed by atoms with van der Waals surface area (Å²) in [6.45, 7) is 5.03. The fourth-order valence-electron chi connectivity index (χ4n) is 0.995. The van der Waals surface area contributed by atoms with E-state index >= 15 is 0 Å². The Bertz CT molecular complexity index is 71.7. The molecule has 0 amide bonds. The van der Waals surface area contributed by atoms with Crippen LogP contribution in [0.5, 0.6) is 0 Å². The zero-order valence-electron chi connectivity index (χ0n) is 7.26. The molecule has 0 radical (unpaired) electrons. The predicted molar refractivity (Wildman–Crippen MR) is 43.9 cm³/mol. The summed E-state index contributed by atoms with van der Waals surface area (Å²) in [7, 11) is 1.74. The highest BCUT2D eigenvalue weighted by atomic mass is 16.5. The van der Waals surface area contributed by atoms with Crippen LogP contribution >= 0.6 is 0 Å². The Morgan fingerprint density at radius 2 is 2.10 bits per heavy atom. The summed E-state index contributed by atoms with van der Waals surface area (Å²) in [5.74, 6) is 0.634. The second-order valence-electron chi connectivity index (χ2n) is 2.79. The van der Waals surface area contributed by atoms with Crippen LogP contribution in [-0.2, 0) is 4.74 Å². The Morgan fingerprint density at radius 3 is 2.40 bits per heavy atom. The molecule has 0 aliphatic carbocycles. The van der Waals surface area contributed by atoms with Gasteiger partial charge in [0.1, 0.15) is 0 Å². The van der Waals surface area contributed by atoms with Crippen molar-refractivity contribution < 1.29 is 4.74 Å². The van der Waals surface area contributed by atoms with E-state index in [0.29, 0.717) is 12.0 Å². The van der Waals surface area contributed by atoms with Gasteiger partial charge in [-0.2, -0.15) is 0 Å². The second kappa shape index (κ2) is 5.69. The molecule has 0 bridgehead atoms. The highest BCUT2D eigenvalue weighted by Gasteiger charge is 2.08. The predicted octanol–water partition coefficient (Wildman–Crippen LogP) is 1.40. The highest BCUT2D eigenvalue weighted by molar-refractivity contribution is 4.61. The molecule has 2 heteroatoms. The van der Waals surface area contributed by atoms with E-state index in [1.165, 1.54) is 0 Å². The highest BCUT2D eigenvalue weighted by Crippen LogP contribution is 2.10. The molecule has 2 nitrogen and oxygen atoms in total. The third-order valence-electron chi connectivity index (χ3n) is 1.98. The van der Waals surface area contributed by atoms with Crippen LogP contribution in [0.1, 0.15) is 26.7 Å². The Balaban J connectivity index is 3.41. The van der Waals surface area contributed by atoms with Crippen LogP contribution in [0.15, 0.2) is 0 Å². The summed E-state index contributed by atoms with van der Waals surface area (Å²) < 4.78 is 5.13. The third kappa shape index (κ3) is 3.85. The normalized spacial score (nSPS) is 16.8. The minimum atomic E-state index is 0.355. The van der Waals surface area contributed by atoms with Gasteiger partial charge in [0.05, 0.1) is 6.10 Å². The molecule has 0 aromatic carbocycles. The number of hydrogen-bond donors (Lipinski definition) is 1. The van der Waals surface area contributed by atoms with Crippen molar-refractivity contribution in [2.45, 2.75) is 32.8 Å². The number of rotatable bonds is 5. The van der Waals surface area contributed by atoms with E-state index in [-0.39, 0.29) is 0 Å². The number of ether oxygens (including phenoxy) is 1. The van der Waals surface area contributed by atoms with Crippen molar-refractivity contribution in [2.75, 3.05) is 13.7 Å². The summed E-state index contributed by atoms with van der Waals surface area (Å²) in [6, 6.07) is 0. The first-order valence-electron chi connectivity index (χ1n) is 3.97. The van der Waals surface area contributed by atoms with Gasteiger partial charge in [-0.1, -0.05) is 13.3 Å². The number of methoxy groups -OCH3 is 1. The zero-order valence-corrected chi connectivity index (χ0v) is 7.26. The fraction of sp³-hybridized carbons (Fsp3) is 1.00. The molecule has 2 atom stereocenters. The van der Waals surface area contributed by atoms with Crippen molar-refractivity contribution in [3.8, 4) is 0 Å².